The van der Waals surface area contributed by atoms with Gasteiger partial charge in [-0.25, -0.2) is 5.43 Å². The van der Waals surface area contributed by atoms with Gasteiger partial charge in [-0.05, 0) is 24.3 Å². The van der Waals surface area contributed by atoms with Crippen molar-refractivity contribution in [3.8, 4) is 17.1 Å². The summed E-state index contributed by atoms with van der Waals surface area (Å²) in [6.07, 6.45) is 1.55. The van der Waals surface area contributed by atoms with Gasteiger partial charge in [0.15, 0.2) is 11.0 Å². The van der Waals surface area contributed by atoms with E-state index >= 15 is 0 Å². The molecule has 0 fully saturated rings. The first-order valence-corrected chi connectivity index (χ1v) is 10.1. The largest absolute Gasteiger partial charge is 0.496 e. The fourth-order valence-corrected chi connectivity index (χ4v) is 3.37. The van der Waals surface area contributed by atoms with E-state index in [2.05, 4.69) is 36.7 Å². The number of hydrazone groups is 1. The highest BCUT2D eigenvalue weighted by Crippen LogP contribution is 2.23. The van der Waals surface area contributed by atoms with E-state index in [0.717, 1.165) is 21.4 Å². The maximum Gasteiger partial charge on any atom is 0.250 e. The van der Waals surface area contributed by atoms with Gasteiger partial charge in [0.2, 0.25) is 0 Å². The Bertz CT molecular complexity index is 988. The number of benzene rings is 2. The summed E-state index contributed by atoms with van der Waals surface area (Å²) in [6.45, 7) is 0. The zero-order valence-electron chi connectivity index (χ0n) is 15.3. The molecule has 0 bridgehead atoms. The van der Waals surface area contributed by atoms with Gasteiger partial charge in [-0.3, -0.25) is 4.79 Å². The van der Waals surface area contributed by atoms with Crippen LogP contribution in [0.3, 0.4) is 0 Å². The fraction of sp³-hybridized carbons (Fsp3) is 0.158. The van der Waals surface area contributed by atoms with Crippen molar-refractivity contribution in [3.63, 3.8) is 0 Å². The number of halogens is 1. The quantitative estimate of drug-likeness (QED) is 0.332. The molecule has 2 aromatic carbocycles. The topological polar surface area (TPSA) is 81.4 Å². The Labute approximate surface area is 175 Å². The van der Waals surface area contributed by atoms with Gasteiger partial charge in [0.05, 0.1) is 19.1 Å². The van der Waals surface area contributed by atoms with E-state index in [9.17, 15) is 4.79 Å². The molecule has 28 heavy (non-hydrogen) atoms. The summed E-state index contributed by atoms with van der Waals surface area (Å²) in [4.78, 5) is 12.0. The summed E-state index contributed by atoms with van der Waals surface area (Å²) in [7, 11) is 3.46. The molecule has 0 saturated heterocycles. The lowest BCUT2D eigenvalue weighted by Gasteiger charge is -2.04. The molecule has 144 valence electrons. The number of carbonyl (C=O) groups is 1. The third-order valence-electron chi connectivity index (χ3n) is 3.80. The van der Waals surface area contributed by atoms with Crippen LogP contribution in [0, 0.1) is 0 Å². The molecule has 0 saturated carbocycles. The summed E-state index contributed by atoms with van der Waals surface area (Å²) in [5.74, 6) is 1.37. The Morgan fingerprint density at radius 2 is 2.00 bits per heavy atom. The smallest absolute Gasteiger partial charge is 0.250 e. The maximum atomic E-state index is 12.0. The number of aromatic nitrogens is 3. The lowest BCUT2D eigenvalue weighted by molar-refractivity contribution is -0.118. The summed E-state index contributed by atoms with van der Waals surface area (Å²) in [5.41, 5.74) is 4.25. The summed E-state index contributed by atoms with van der Waals surface area (Å²) in [6, 6.07) is 15.2. The summed E-state index contributed by atoms with van der Waals surface area (Å²) < 4.78 is 8.10. The van der Waals surface area contributed by atoms with Crippen LogP contribution in [0.15, 0.2) is 63.3 Å². The van der Waals surface area contributed by atoms with E-state index in [0.29, 0.717) is 10.9 Å². The number of nitrogens with one attached hydrogen (secondary N) is 1. The minimum atomic E-state index is -0.232. The Hall–Kier alpha value is -2.65. The van der Waals surface area contributed by atoms with Crippen LogP contribution in [-0.2, 0) is 11.8 Å². The molecule has 3 rings (SSSR count). The van der Waals surface area contributed by atoms with Gasteiger partial charge in [-0.15, -0.1) is 10.2 Å². The van der Waals surface area contributed by atoms with E-state index in [1.54, 1.807) is 13.3 Å². The first-order valence-electron chi connectivity index (χ1n) is 8.31. The molecule has 1 heterocycles. The van der Waals surface area contributed by atoms with Crippen LogP contribution >= 0.6 is 27.7 Å². The van der Waals surface area contributed by atoms with Crippen LogP contribution < -0.4 is 10.2 Å². The van der Waals surface area contributed by atoms with E-state index in [4.69, 9.17) is 4.74 Å². The van der Waals surface area contributed by atoms with Crippen LogP contribution in [0.2, 0.25) is 0 Å². The molecule has 3 aromatic rings. The third kappa shape index (κ3) is 4.99. The number of methoxy groups -OCH3 is 1. The second kappa shape index (κ2) is 9.52. The average molecular weight is 460 g/mol. The van der Waals surface area contributed by atoms with Gasteiger partial charge in [-0.1, -0.05) is 52.0 Å². The average Bonchev–Trinajstić information content (AvgIpc) is 3.08. The van der Waals surface area contributed by atoms with Crippen molar-refractivity contribution in [3.05, 3.63) is 58.6 Å². The molecule has 1 amide bonds. The lowest BCUT2D eigenvalue weighted by atomic mass is 10.2. The molecule has 1 N–H and O–H groups in total. The zero-order chi connectivity index (χ0) is 19.9. The van der Waals surface area contributed by atoms with Gasteiger partial charge >= 0.3 is 0 Å². The first-order chi connectivity index (χ1) is 13.6. The van der Waals surface area contributed by atoms with Crippen LogP contribution in [0.25, 0.3) is 11.4 Å². The van der Waals surface area contributed by atoms with Gasteiger partial charge in [0.25, 0.3) is 5.91 Å². The van der Waals surface area contributed by atoms with Gasteiger partial charge < -0.3 is 9.30 Å². The molecule has 9 heteroatoms. The second-order valence-electron chi connectivity index (χ2n) is 5.70. The maximum absolute atomic E-state index is 12.0. The minimum Gasteiger partial charge on any atom is -0.496 e. The highest BCUT2D eigenvalue weighted by Gasteiger charge is 2.12. The lowest BCUT2D eigenvalue weighted by Crippen LogP contribution is -2.20. The van der Waals surface area contributed by atoms with Crippen LogP contribution in [0.5, 0.6) is 5.75 Å². The molecular formula is C19H18BrN5O2S. The molecule has 0 unspecified atom stereocenters. The normalized spacial score (nSPS) is 11.0. The highest BCUT2D eigenvalue weighted by atomic mass is 79.9. The van der Waals surface area contributed by atoms with Gasteiger partial charge in [-0.2, -0.15) is 5.10 Å². The molecular weight excluding hydrogens is 442 g/mol. The van der Waals surface area contributed by atoms with Crippen molar-refractivity contribution in [1.29, 1.82) is 0 Å². The van der Waals surface area contributed by atoms with Crippen LogP contribution in [0.4, 0.5) is 0 Å². The molecule has 0 spiro atoms. The Morgan fingerprint density at radius 1 is 1.25 bits per heavy atom. The predicted molar refractivity (Wildman–Crippen MR) is 114 cm³/mol. The first kappa shape index (κ1) is 20.1. The molecule has 0 radical (unpaired) electrons. The number of para-hydroxylation sites is 1. The molecule has 0 atom stereocenters. The minimum absolute atomic E-state index is 0.176. The zero-order valence-corrected chi connectivity index (χ0v) is 17.7. The van der Waals surface area contributed by atoms with Crippen molar-refractivity contribution in [1.82, 2.24) is 20.2 Å². The van der Waals surface area contributed by atoms with E-state index < -0.39 is 0 Å². The van der Waals surface area contributed by atoms with E-state index in [-0.39, 0.29) is 11.7 Å². The second-order valence-corrected chi connectivity index (χ2v) is 7.55. The molecule has 7 nitrogen and oxygen atoms in total. The van der Waals surface area contributed by atoms with Crippen LogP contribution in [0.1, 0.15) is 5.56 Å². The highest BCUT2D eigenvalue weighted by molar-refractivity contribution is 9.10. The van der Waals surface area contributed by atoms with Crippen LogP contribution in [-0.4, -0.2) is 39.7 Å². The number of carbonyl (C=O) groups excluding carboxylic acids is 1. The number of hydrogen-bond acceptors (Lipinski definition) is 6. The number of hydrogen-bond donors (Lipinski definition) is 1. The molecule has 0 aliphatic heterocycles. The van der Waals surface area contributed by atoms with Crippen molar-refractivity contribution >= 4 is 39.8 Å². The third-order valence-corrected chi connectivity index (χ3v) is 5.35. The fourth-order valence-electron chi connectivity index (χ4n) is 2.40. The number of ether oxygens (including phenoxy) is 1. The Kier molecular flexibility index (Phi) is 6.83. The molecule has 0 aliphatic rings. The predicted octanol–water partition coefficient (Wildman–Crippen LogP) is 3.50. The number of nitrogens with zero attached hydrogens (tertiary/aromatic N) is 4. The van der Waals surface area contributed by atoms with Gasteiger partial charge in [0, 0.05) is 22.6 Å². The van der Waals surface area contributed by atoms with Gasteiger partial charge in [0.1, 0.15) is 5.75 Å². The Morgan fingerprint density at radius 3 is 2.75 bits per heavy atom. The van der Waals surface area contributed by atoms with Crippen molar-refractivity contribution in [2.45, 2.75) is 5.16 Å². The van der Waals surface area contributed by atoms with Crippen molar-refractivity contribution in [2.24, 2.45) is 12.1 Å². The number of amides is 1. The van der Waals surface area contributed by atoms with Crippen molar-refractivity contribution in [2.75, 3.05) is 12.9 Å². The monoisotopic (exact) mass is 459 g/mol. The Balaban J connectivity index is 1.56. The SMILES string of the molecule is COc1ccccc1/C=N\NC(=O)CSc1nnc(-c2ccc(Br)cc2)n1C. The van der Waals surface area contributed by atoms with Crippen molar-refractivity contribution < 1.29 is 9.53 Å². The number of rotatable bonds is 7. The summed E-state index contributed by atoms with van der Waals surface area (Å²) in [5, 5.41) is 13.0. The number of thioether (sulfide) groups is 1. The summed E-state index contributed by atoms with van der Waals surface area (Å²) >= 11 is 4.71. The van der Waals surface area contributed by atoms with E-state index in [1.165, 1.54) is 11.8 Å². The molecule has 0 aliphatic carbocycles. The van der Waals surface area contributed by atoms with E-state index in [1.807, 2.05) is 60.1 Å². The molecule has 1 aromatic heterocycles. The standard InChI is InChI=1S/C19H18BrN5O2S/c1-25-18(13-7-9-15(20)10-8-13)23-24-19(25)28-12-17(26)22-21-11-14-5-3-4-6-16(14)27-2/h3-11H,12H2,1-2H3,(H,22,26)/b21-11-.